The molecule has 0 bridgehead atoms. The van der Waals surface area contributed by atoms with Gasteiger partial charge in [-0.1, -0.05) is 0 Å². The van der Waals surface area contributed by atoms with Gasteiger partial charge in [-0.3, -0.25) is 0 Å². The third-order valence-electron chi connectivity index (χ3n) is 1.52. The van der Waals surface area contributed by atoms with Gasteiger partial charge in [-0.15, -0.1) is 0 Å². The zero-order valence-electron chi connectivity index (χ0n) is 5.11. The molecule has 1 nitrogen and oxygen atoms in total. The van der Waals surface area contributed by atoms with E-state index in [0.717, 1.165) is 18.3 Å². The topological polar surface area (TPSA) is 17.1 Å². The van der Waals surface area contributed by atoms with Gasteiger partial charge in [-0.05, 0) is 0 Å². The molecule has 0 aromatic heterocycles. The van der Waals surface area contributed by atoms with Gasteiger partial charge in [0, 0.05) is 0 Å². The van der Waals surface area contributed by atoms with Crippen molar-refractivity contribution in [1.29, 1.82) is 0 Å². The molecule has 0 N–H and O–H groups in total. The molecule has 0 saturated heterocycles. The first kappa shape index (κ1) is 5.74. The van der Waals surface area contributed by atoms with Gasteiger partial charge in [0.05, 0.1) is 0 Å². The van der Waals surface area contributed by atoms with E-state index >= 15 is 0 Å². The van der Waals surface area contributed by atoms with E-state index in [1.807, 2.05) is 0 Å². The summed E-state index contributed by atoms with van der Waals surface area (Å²) >= 11 is 0. The third-order valence-corrected chi connectivity index (χ3v) is 1.52. The first-order chi connectivity index (χ1) is 3.70. The van der Waals surface area contributed by atoms with Crippen LogP contribution in [0.1, 0.15) is 19.8 Å². The second-order valence-electron chi connectivity index (χ2n) is 2.54. The van der Waals surface area contributed by atoms with Gasteiger partial charge in [-0.2, -0.15) is 0 Å². The summed E-state index contributed by atoms with van der Waals surface area (Å²) in [6, 6.07) is 0. The standard InChI is InChI=1S/C6H9BO/c1-4-2-5(7)6(8)3-4/h4,7H,2-3H2,1H3. The predicted octanol–water partition coefficient (Wildman–Crippen LogP) is 0.0586. The van der Waals surface area contributed by atoms with Crippen LogP contribution in [0.5, 0.6) is 0 Å². The van der Waals surface area contributed by atoms with Crippen molar-refractivity contribution in [1.82, 2.24) is 0 Å². The van der Waals surface area contributed by atoms with E-state index in [1.54, 1.807) is 0 Å². The maximum absolute atomic E-state index is 10.7. The minimum absolute atomic E-state index is 0.262. The van der Waals surface area contributed by atoms with Crippen LogP contribution in [0.25, 0.3) is 0 Å². The van der Waals surface area contributed by atoms with Gasteiger partial charge in [-0.25, -0.2) is 0 Å². The molecule has 1 aliphatic rings. The van der Waals surface area contributed by atoms with E-state index in [4.69, 9.17) is 0 Å². The van der Waals surface area contributed by atoms with Crippen LogP contribution in [0.4, 0.5) is 0 Å². The fourth-order valence-corrected chi connectivity index (χ4v) is 1.07. The van der Waals surface area contributed by atoms with Crippen LogP contribution in [-0.2, 0) is 4.79 Å². The van der Waals surface area contributed by atoms with Crippen LogP contribution in [-0.4, -0.2) is 18.7 Å². The summed E-state index contributed by atoms with van der Waals surface area (Å²) in [6.07, 6.45) is 1.64. The van der Waals surface area contributed by atoms with E-state index in [2.05, 4.69) is 14.4 Å². The zero-order chi connectivity index (χ0) is 6.15. The molecule has 0 heterocycles. The van der Waals surface area contributed by atoms with Crippen molar-refractivity contribution >= 4 is 18.7 Å². The Balaban J connectivity index is 2.64. The van der Waals surface area contributed by atoms with Crippen LogP contribution in [0, 0.1) is 5.92 Å². The van der Waals surface area contributed by atoms with Crippen molar-refractivity contribution in [2.24, 2.45) is 5.92 Å². The van der Waals surface area contributed by atoms with Crippen LogP contribution < -0.4 is 0 Å². The van der Waals surface area contributed by atoms with Crippen LogP contribution in [0.3, 0.4) is 0 Å². The molecule has 1 saturated carbocycles. The number of hydrogen-bond donors (Lipinski definition) is 0. The number of rotatable bonds is 0. The number of Topliss-reactive ketones (excluding diaryl/α,β-unsaturated/α-hetero) is 1. The molecule has 8 heavy (non-hydrogen) atoms. The first-order valence-electron chi connectivity index (χ1n) is 2.91. The minimum atomic E-state index is 0.262. The van der Waals surface area contributed by atoms with Gasteiger partial charge in [0.2, 0.25) is 0 Å². The molecule has 0 aromatic carbocycles. The first-order valence-corrected chi connectivity index (χ1v) is 2.91. The van der Waals surface area contributed by atoms with E-state index in [0.29, 0.717) is 5.92 Å². The zero-order valence-corrected chi connectivity index (χ0v) is 5.11. The average molecular weight is 108 g/mol. The summed E-state index contributed by atoms with van der Waals surface area (Å²) in [4.78, 5) is 10.7. The van der Waals surface area contributed by atoms with Crippen molar-refractivity contribution < 1.29 is 4.79 Å². The number of hydrogen-bond acceptors (Lipinski definition) is 1. The second kappa shape index (κ2) is 1.84. The Bertz CT molecular complexity index is 123. The van der Waals surface area contributed by atoms with Gasteiger partial charge >= 0.3 is 49.2 Å². The molecular formula is C6H9BO. The van der Waals surface area contributed by atoms with Gasteiger partial charge in [0.25, 0.3) is 0 Å². The summed E-state index contributed by atoms with van der Waals surface area (Å²) < 4.78 is 0. The van der Waals surface area contributed by atoms with Gasteiger partial charge < -0.3 is 0 Å². The molecule has 2 heteroatoms. The van der Waals surface area contributed by atoms with Crippen LogP contribution >= 0.6 is 0 Å². The summed E-state index contributed by atoms with van der Waals surface area (Å²) in [5.41, 5.74) is 0.817. The van der Waals surface area contributed by atoms with Crippen molar-refractivity contribution in [3.05, 3.63) is 0 Å². The number of carbonyl (C=O) groups is 1. The fourth-order valence-electron chi connectivity index (χ4n) is 1.07. The van der Waals surface area contributed by atoms with Crippen molar-refractivity contribution in [3.63, 3.8) is 0 Å². The SMILES string of the molecule is B=C1CC(C)CC1=O. The number of carbonyl (C=O) groups excluding carboxylic acids is 1. The molecule has 0 radical (unpaired) electrons. The van der Waals surface area contributed by atoms with E-state index in [-0.39, 0.29) is 5.78 Å². The molecule has 1 fully saturated rings. The quantitative estimate of drug-likeness (QED) is 0.401. The van der Waals surface area contributed by atoms with Gasteiger partial charge in [0.15, 0.2) is 0 Å². The Morgan fingerprint density at radius 3 is 2.38 bits per heavy atom. The van der Waals surface area contributed by atoms with Gasteiger partial charge in [0.1, 0.15) is 0 Å². The maximum atomic E-state index is 10.7. The molecule has 0 amide bonds. The number of ketones is 1. The Morgan fingerprint density at radius 1 is 1.62 bits per heavy atom. The Morgan fingerprint density at radius 2 is 2.25 bits per heavy atom. The summed E-state index contributed by atoms with van der Waals surface area (Å²) in [5.74, 6) is 0.812. The summed E-state index contributed by atoms with van der Waals surface area (Å²) in [7, 11) is 3.64. The Labute approximate surface area is 50.2 Å². The molecule has 1 aliphatic carbocycles. The van der Waals surface area contributed by atoms with E-state index in [1.165, 1.54) is 0 Å². The Kier molecular flexibility index (Phi) is 1.32. The summed E-state index contributed by atoms with van der Waals surface area (Å²) in [6.45, 7) is 2.08. The molecule has 1 atom stereocenters. The average Bonchev–Trinajstić information content (AvgIpc) is 1.85. The molecule has 0 spiro atoms. The fraction of sp³-hybridized carbons (Fsp3) is 0.667. The molecule has 0 aliphatic heterocycles. The monoisotopic (exact) mass is 108 g/mol. The molecule has 42 valence electrons. The third kappa shape index (κ3) is 0.883. The Hall–Kier alpha value is -0.395. The van der Waals surface area contributed by atoms with E-state index < -0.39 is 0 Å². The van der Waals surface area contributed by atoms with Crippen LogP contribution in [0.15, 0.2) is 0 Å². The van der Waals surface area contributed by atoms with Crippen molar-refractivity contribution in [2.75, 3.05) is 0 Å². The van der Waals surface area contributed by atoms with Crippen molar-refractivity contribution in [3.8, 4) is 0 Å². The second-order valence-corrected chi connectivity index (χ2v) is 2.54. The molecule has 0 aromatic rings. The molecule has 1 rings (SSSR count). The van der Waals surface area contributed by atoms with Crippen LogP contribution in [0.2, 0.25) is 0 Å². The normalized spacial score (nSPS) is 29.2. The summed E-state index contributed by atoms with van der Waals surface area (Å²) in [5, 5.41) is 0. The predicted molar refractivity (Wildman–Crippen MR) is 35.6 cm³/mol. The van der Waals surface area contributed by atoms with E-state index in [9.17, 15) is 4.79 Å². The molecular weight excluding hydrogens is 98.9 g/mol. The van der Waals surface area contributed by atoms with Crippen molar-refractivity contribution in [2.45, 2.75) is 19.8 Å². The molecule has 1 unspecified atom stereocenters.